The molecule has 148 valence electrons. The zero-order valence-corrected chi connectivity index (χ0v) is 17.8. The van der Waals surface area contributed by atoms with E-state index < -0.39 is 10.8 Å². The molecule has 0 aliphatic heterocycles. The predicted octanol–water partition coefficient (Wildman–Crippen LogP) is 3.83. The number of rotatable bonds is 6. The Kier molecular flexibility index (Phi) is 6.39. The van der Waals surface area contributed by atoms with Gasteiger partial charge in [0.1, 0.15) is 5.75 Å². The van der Waals surface area contributed by atoms with E-state index in [2.05, 4.69) is 47.5 Å². The van der Waals surface area contributed by atoms with E-state index in [1.54, 1.807) is 10.9 Å². The molecule has 3 aromatic rings. The van der Waals surface area contributed by atoms with Crippen molar-refractivity contribution in [3.63, 3.8) is 0 Å². The number of phenols is 1. The maximum atomic E-state index is 12.3. The number of carbonyl (C=O) groups excluding carboxylic acids is 1. The number of halogens is 2. The molecule has 1 heterocycles. The van der Waals surface area contributed by atoms with Gasteiger partial charge >= 0.3 is 0 Å². The number of aromatic hydroxyl groups is 1. The van der Waals surface area contributed by atoms with Gasteiger partial charge in [0.15, 0.2) is 5.69 Å². The molecular weight excluding hydrogens is 510 g/mol. The number of nitro groups is 1. The standard InChI is InChI=1S/C18H13Br2N5O4/c19-13-3-1-11(2-4-13)9-24-10-15(20)17(23-24)18(27)22-21-8-12-7-14(25(28)29)5-6-16(12)26/h1-8,10,26H,9H2,(H,22,27). The van der Waals surface area contributed by atoms with Crippen LogP contribution in [-0.4, -0.2) is 31.9 Å². The van der Waals surface area contributed by atoms with Crippen molar-refractivity contribution in [2.75, 3.05) is 0 Å². The number of hydrazone groups is 1. The number of nitrogens with one attached hydrogen (secondary N) is 1. The van der Waals surface area contributed by atoms with Crippen LogP contribution in [-0.2, 0) is 6.54 Å². The monoisotopic (exact) mass is 521 g/mol. The lowest BCUT2D eigenvalue weighted by Crippen LogP contribution is -2.19. The van der Waals surface area contributed by atoms with Crippen molar-refractivity contribution in [1.82, 2.24) is 15.2 Å². The second-order valence-electron chi connectivity index (χ2n) is 5.85. The maximum absolute atomic E-state index is 12.3. The SMILES string of the molecule is O=C(NN=Cc1cc([N+](=O)[O-])ccc1O)c1nn(Cc2ccc(Br)cc2)cc1Br. The Morgan fingerprint density at radius 2 is 2.00 bits per heavy atom. The largest absolute Gasteiger partial charge is 0.507 e. The predicted molar refractivity (Wildman–Crippen MR) is 113 cm³/mol. The molecule has 0 atom stereocenters. The summed E-state index contributed by atoms with van der Waals surface area (Å²) in [6.45, 7) is 0.476. The highest BCUT2D eigenvalue weighted by atomic mass is 79.9. The number of phenolic OH excluding ortho intramolecular Hbond substituents is 1. The average molecular weight is 523 g/mol. The summed E-state index contributed by atoms with van der Waals surface area (Å²) in [6, 6.07) is 11.2. The van der Waals surface area contributed by atoms with E-state index in [1.807, 2.05) is 24.3 Å². The van der Waals surface area contributed by atoms with Crippen LogP contribution in [0.1, 0.15) is 21.6 Å². The lowest BCUT2D eigenvalue weighted by molar-refractivity contribution is -0.384. The molecule has 0 unspecified atom stereocenters. The lowest BCUT2D eigenvalue weighted by Gasteiger charge is -2.02. The summed E-state index contributed by atoms with van der Waals surface area (Å²) in [7, 11) is 0. The Morgan fingerprint density at radius 1 is 1.28 bits per heavy atom. The third kappa shape index (κ3) is 5.27. The second-order valence-corrected chi connectivity index (χ2v) is 7.62. The summed E-state index contributed by atoms with van der Waals surface area (Å²) in [5, 5.41) is 28.5. The Bertz CT molecular complexity index is 1100. The van der Waals surface area contributed by atoms with E-state index in [4.69, 9.17) is 0 Å². The third-order valence-electron chi connectivity index (χ3n) is 3.78. The summed E-state index contributed by atoms with van der Waals surface area (Å²) in [5.74, 6) is -0.777. The minimum absolute atomic E-state index is 0.0966. The van der Waals surface area contributed by atoms with Crippen LogP contribution in [0, 0.1) is 10.1 Å². The quantitative estimate of drug-likeness (QED) is 0.289. The van der Waals surface area contributed by atoms with E-state index in [0.29, 0.717) is 11.0 Å². The minimum Gasteiger partial charge on any atom is -0.507 e. The molecule has 2 N–H and O–H groups in total. The number of hydrogen-bond acceptors (Lipinski definition) is 6. The zero-order valence-electron chi connectivity index (χ0n) is 14.6. The zero-order chi connectivity index (χ0) is 21.0. The van der Waals surface area contributed by atoms with Gasteiger partial charge in [-0.2, -0.15) is 10.2 Å². The second kappa shape index (κ2) is 8.97. The average Bonchev–Trinajstić information content (AvgIpc) is 3.05. The van der Waals surface area contributed by atoms with Crippen molar-refractivity contribution >= 4 is 49.7 Å². The highest BCUT2D eigenvalue weighted by Crippen LogP contribution is 2.21. The van der Waals surface area contributed by atoms with E-state index >= 15 is 0 Å². The van der Waals surface area contributed by atoms with Crippen molar-refractivity contribution in [2.24, 2.45) is 5.10 Å². The molecule has 0 aliphatic carbocycles. The summed E-state index contributed by atoms with van der Waals surface area (Å²) < 4.78 is 3.06. The van der Waals surface area contributed by atoms with E-state index in [-0.39, 0.29) is 22.7 Å². The first-order valence-corrected chi connectivity index (χ1v) is 9.70. The molecular formula is C18H13Br2N5O4. The number of nitrogens with zero attached hydrogens (tertiary/aromatic N) is 4. The van der Waals surface area contributed by atoms with E-state index in [0.717, 1.165) is 22.3 Å². The van der Waals surface area contributed by atoms with Gasteiger partial charge in [-0.25, -0.2) is 5.43 Å². The molecule has 0 aliphatic rings. The molecule has 2 aromatic carbocycles. The van der Waals surface area contributed by atoms with Crippen LogP contribution in [0.2, 0.25) is 0 Å². The van der Waals surface area contributed by atoms with Gasteiger partial charge in [0, 0.05) is 28.4 Å². The van der Waals surface area contributed by atoms with Crippen LogP contribution >= 0.6 is 31.9 Å². The molecule has 0 saturated carbocycles. The van der Waals surface area contributed by atoms with Gasteiger partial charge in [0.2, 0.25) is 0 Å². The number of non-ortho nitro benzene ring substituents is 1. The summed E-state index contributed by atoms with van der Waals surface area (Å²) >= 11 is 6.67. The first-order valence-electron chi connectivity index (χ1n) is 8.11. The number of aromatic nitrogens is 2. The molecule has 0 radical (unpaired) electrons. The number of amides is 1. The summed E-state index contributed by atoms with van der Waals surface area (Å²) in [6.07, 6.45) is 2.79. The van der Waals surface area contributed by atoms with Gasteiger partial charge in [0.25, 0.3) is 11.6 Å². The minimum atomic E-state index is -0.593. The molecule has 1 aromatic heterocycles. The number of carbonyl (C=O) groups is 1. The molecule has 0 fully saturated rings. The lowest BCUT2D eigenvalue weighted by atomic mass is 10.2. The molecule has 0 spiro atoms. The normalized spacial score (nSPS) is 11.0. The van der Waals surface area contributed by atoms with Gasteiger partial charge in [0.05, 0.1) is 22.2 Å². The highest BCUT2D eigenvalue weighted by Gasteiger charge is 2.15. The van der Waals surface area contributed by atoms with Gasteiger partial charge in [-0.3, -0.25) is 19.6 Å². The number of nitro benzene ring substituents is 1. The van der Waals surface area contributed by atoms with Crippen molar-refractivity contribution in [3.8, 4) is 5.75 Å². The highest BCUT2D eigenvalue weighted by molar-refractivity contribution is 9.10. The molecule has 3 rings (SSSR count). The Morgan fingerprint density at radius 3 is 2.69 bits per heavy atom. The number of benzene rings is 2. The Hall–Kier alpha value is -3.05. The first kappa shape index (κ1) is 20.7. The van der Waals surface area contributed by atoms with E-state index in [9.17, 15) is 20.0 Å². The fourth-order valence-corrected chi connectivity index (χ4v) is 3.14. The fraction of sp³-hybridized carbons (Fsp3) is 0.0556. The summed E-state index contributed by atoms with van der Waals surface area (Å²) in [5.41, 5.74) is 3.32. The molecule has 11 heteroatoms. The fourth-order valence-electron chi connectivity index (χ4n) is 2.38. The Balaban J connectivity index is 1.69. The van der Waals surface area contributed by atoms with Gasteiger partial charge in [-0.15, -0.1) is 0 Å². The Labute approximate surface area is 181 Å². The third-order valence-corrected chi connectivity index (χ3v) is 4.89. The molecule has 9 nitrogen and oxygen atoms in total. The molecule has 0 bridgehead atoms. The van der Waals surface area contributed by atoms with Crippen LogP contribution in [0.3, 0.4) is 0 Å². The van der Waals surface area contributed by atoms with Crippen LogP contribution in [0.5, 0.6) is 5.75 Å². The smallest absolute Gasteiger partial charge is 0.293 e. The van der Waals surface area contributed by atoms with Gasteiger partial charge in [-0.05, 0) is 39.7 Å². The van der Waals surface area contributed by atoms with Crippen LogP contribution in [0.25, 0.3) is 0 Å². The maximum Gasteiger partial charge on any atom is 0.293 e. The molecule has 29 heavy (non-hydrogen) atoms. The van der Waals surface area contributed by atoms with Crippen molar-refractivity contribution in [1.29, 1.82) is 0 Å². The van der Waals surface area contributed by atoms with Gasteiger partial charge < -0.3 is 5.11 Å². The molecule has 1 amide bonds. The van der Waals surface area contributed by atoms with Crippen molar-refractivity contribution in [3.05, 3.63) is 84.5 Å². The van der Waals surface area contributed by atoms with Crippen LogP contribution < -0.4 is 5.43 Å². The van der Waals surface area contributed by atoms with Crippen LogP contribution in [0.15, 0.2) is 62.7 Å². The van der Waals surface area contributed by atoms with Gasteiger partial charge in [-0.1, -0.05) is 28.1 Å². The van der Waals surface area contributed by atoms with Crippen molar-refractivity contribution < 1.29 is 14.8 Å². The number of hydrogen-bond donors (Lipinski definition) is 2. The van der Waals surface area contributed by atoms with Crippen molar-refractivity contribution in [2.45, 2.75) is 6.54 Å². The first-order chi connectivity index (χ1) is 13.8. The molecule has 0 saturated heterocycles. The van der Waals surface area contributed by atoms with E-state index in [1.165, 1.54) is 12.1 Å². The van der Waals surface area contributed by atoms with Crippen LogP contribution in [0.4, 0.5) is 5.69 Å². The summed E-state index contributed by atoms with van der Waals surface area (Å²) in [4.78, 5) is 22.5. The topological polar surface area (TPSA) is 123 Å².